The number of nitrogens with zero attached hydrogens (tertiary/aromatic N) is 2. The van der Waals surface area contributed by atoms with Crippen LogP contribution in [-0.4, -0.2) is 26.0 Å². The van der Waals surface area contributed by atoms with E-state index in [-0.39, 0.29) is 0 Å². The molecule has 3 heteroatoms. The van der Waals surface area contributed by atoms with Gasteiger partial charge in [-0.15, -0.1) is 0 Å². The number of benzene rings is 3. The van der Waals surface area contributed by atoms with Crippen molar-refractivity contribution in [2.24, 2.45) is 4.99 Å². The van der Waals surface area contributed by atoms with Gasteiger partial charge < -0.3 is 9.64 Å². The Morgan fingerprint density at radius 3 is 2.48 bits per heavy atom. The molecule has 0 bridgehead atoms. The number of aliphatic imine (C=N–C) groups is 1. The van der Waals surface area contributed by atoms with Crippen LogP contribution in [-0.2, 0) is 6.42 Å². The molecule has 1 aliphatic heterocycles. The van der Waals surface area contributed by atoms with Gasteiger partial charge in [-0.1, -0.05) is 48.5 Å². The Balaban J connectivity index is 1.59. The number of anilines is 1. The third-order valence-electron chi connectivity index (χ3n) is 4.88. The Bertz CT molecular complexity index is 917. The Morgan fingerprint density at radius 2 is 1.70 bits per heavy atom. The Labute approximate surface area is 160 Å². The van der Waals surface area contributed by atoms with Crippen molar-refractivity contribution >= 4 is 11.5 Å². The minimum atomic E-state index is 0.890. The van der Waals surface area contributed by atoms with Gasteiger partial charge in [0.15, 0.2) is 0 Å². The van der Waals surface area contributed by atoms with E-state index < -0.39 is 0 Å². The third kappa shape index (κ3) is 4.03. The molecule has 0 fully saturated rings. The molecule has 0 saturated carbocycles. The SMILES string of the molecule is COc1ccc(Cc2cccc(C3=NCCCN3c3ccccc3)c2)cc1. The molecule has 1 heterocycles. The first-order valence-corrected chi connectivity index (χ1v) is 9.43. The van der Waals surface area contributed by atoms with Gasteiger partial charge in [0.1, 0.15) is 11.6 Å². The molecule has 3 aromatic rings. The molecule has 0 atom stereocenters. The lowest BCUT2D eigenvalue weighted by Gasteiger charge is -2.30. The highest BCUT2D eigenvalue weighted by atomic mass is 16.5. The average molecular weight is 356 g/mol. The van der Waals surface area contributed by atoms with Gasteiger partial charge in [-0.05, 0) is 54.3 Å². The van der Waals surface area contributed by atoms with Crippen LogP contribution < -0.4 is 9.64 Å². The van der Waals surface area contributed by atoms with Crippen LogP contribution in [0.15, 0.2) is 83.9 Å². The molecule has 136 valence electrons. The van der Waals surface area contributed by atoms with Crippen molar-refractivity contribution in [3.8, 4) is 5.75 Å². The molecular formula is C24H24N2O. The summed E-state index contributed by atoms with van der Waals surface area (Å²) in [5.41, 5.74) is 4.96. The van der Waals surface area contributed by atoms with Gasteiger partial charge in [0.05, 0.1) is 7.11 Å². The van der Waals surface area contributed by atoms with Gasteiger partial charge in [-0.3, -0.25) is 4.99 Å². The summed E-state index contributed by atoms with van der Waals surface area (Å²) in [5, 5.41) is 0. The lowest BCUT2D eigenvalue weighted by atomic mass is 10.0. The van der Waals surface area contributed by atoms with Crippen molar-refractivity contribution in [3.05, 3.63) is 95.6 Å². The minimum absolute atomic E-state index is 0.890. The third-order valence-corrected chi connectivity index (χ3v) is 4.88. The summed E-state index contributed by atoms with van der Waals surface area (Å²) in [6.45, 7) is 1.90. The second-order valence-electron chi connectivity index (χ2n) is 6.77. The van der Waals surface area contributed by atoms with Crippen molar-refractivity contribution in [1.82, 2.24) is 0 Å². The van der Waals surface area contributed by atoms with E-state index in [9.17, 15) is 0 Å². The van der Waals surface area contributed by atoms with Crippen LogP contribution in [0.1, 0.15) is 23.1 Å². The van der Waals surface area contributed by atoms with Crippen LogP contribution >= 0.6 is 0 Å². The minimum Gasteiger partial charge on any atom is -0.497 e. The lowest BCUT2D eigenvalue weighted by molar-refractivity contribution is 0.414. The molecule has 0 unspecified atom stereocenters. The van der Waals surface area contributed by atoms with E-state index in [0.717, 1.165) is 37.5 Å². The summed E-state index contributed by atoms with van der Waals surface area (Å²) >= 11 is 0. The van der Waals surface area contributed by atoms with Gasteiger partial charge in [-0.2, -0.15) is 0 Å². The predicted molar refractivity (Wildman–Crippen MR) is 112 cm³/mol. The maximum Gasteiger partial charge on any atom is 0.135 e. The molecule has 1 aliphatic rings. The molecule has 0 amide bonds. The number of ether oxygens (including phenoxy) is 1. The summed E-state index contributed by atoms with van der Waals surface area (Å²) < 4.78 is 5.25. The number of amidine groups is 1. The summed E-state index contributed by atoms with van der Waals surface area (Å²) in [6.07, 6.45) is 1.99. The first-order valence-electron chi connectivity index (χ1n) is 9.43. The molecule has 0 aromatic heterocycles. The predicted octanol–water partition coefficient (Wildman–Crippen LogP) is 4.94. The molecule has 0 saturated heterocycles. The first kappa shape index (κ1) is 17.3. The molecular weight excluding hydrogens is 332 g/mol. The van der Waals surface area contributed by atoms with Crippen LogP contribution in [0, 0.1) is 0 Å². The summed E-state index contributed by atoms with van der Waals surface area (Å²) in [5.74, 6) is 1.96. The van der Waals surface area contributed by atoms with Crippen LogP contribution in [0.3, 0.4) is 0 Å². The fraction of sp³-hybridized carbons (Fsp3) is 0.208. The van der Waals surface area contributed by atoms with Crippen molar-refractivity contribution in [2.45, 2.75) is 12.8 Å². The zero-order chi connectivity index (χ0) is 18.5. The van der Waals surface area contributed by atoms with Crippen molar-refractivity contribution in [2.75, 3.05) is 25.1 Å². The van der Waals surface area contributed by atoms with E-state index in [1.165, 1.54) is 22.4 Å². The maximum atomic E-state index is 5.25. The average Bonchev–Trinajstić information content (AvgIpc) is 2.75. The van der Waals surface area contributed by atoms with Crippen LogP contribution in [0.5, 0.6) is 5.75 Å². The molecule has 27 heavy (non-hydrogen) atoms. The van der Waals surface area contributed by atoms with Gasteiger partial charge in [0.2, 0.25) is 0 Å². The second kappa shape index (κ2) is 8.09. The Hall–Kier alpha value is -3.07. The number of para-hydroxylation sites is 1. The molecule has 0 N–H and O–H groups in total. The van der Waals surface area contributed by atoms with E-state index in [1.54, 1.807) is 7.11 Å². The second-order valence-corrected chi connectivity index (χ2v) is 6.77. The zero-order valence-electron chi connectivity index (χ0n) is 15.6. The van der Waals surface area contributed by atoms with Gasteiger partial charge in [0.25, 0.3) is 0 Å². The van der Waals surface area contributed by atoms with Crippen molar-refractivity contribution in [3.63, 3.8) is 0 Å². The monoisotopic (exact) mass is 356 g/mol. The van der Waals surface area contributed by atoms with Gasteiger partial charge >= 0.3 is 0 Å². The number of hydrogen-bond donors (Lipinski definition) is 0. The van der Waals surface area contributed by atoms with Crippen LogP contribution in [0.2, 0.25) is 0 Å². The van der Waals surface area contributed by atoms with Crippen LogP contribution in [0.4, 0.5) is 5.69 Å². The van der Waals surface area contributed by atoms with E-state index in [2.05, 4.69) is 71.6 Å². The highest BCUT2D eigenvalue weighted by Gasteiger charge is 2.18. The standard InChI is InChI=1S/C24H24N2O/c1-27-23-13-11-19(12-14-23)17-20-7-5-8-21(18-20)24-25-15-6-16-26(24)22-9-3-2-4-10-22/h2-5,7-14,18H,6,15-17H2,1H3. The fourth-order valence-corrected chi connectivity index (χ4v) is 3.51. The smallest absolute Gasteiger partial charge is 0.135 e. The van der Waals surface area contributed by atoms with E-state index in [4.69, 9.17) is 9.73 Å². The topological polar surface area (TPSA) is 24.8 Å². The number of methoxy groups -OCH3 is 1. The summed E-state index contributed by atoms with van der Waals surface area (Å²) in [6, 6.07) is 27.6. The van der Waals surface area contributed by atoms with Crippen molar-refractivity contribution < 1.29 is 4.74 Å². The molecule has 3 nitrogen and oxygen atoms in total. The highest BCUT2D eigenvalue weighted by Crippen LogP contribution is 2.22. The Kier molecular flexibility index (Phi) is 5.20. The largest absolute Gasteiger partial charge is 0.497 e. The Morgan fingerprint density at radius 1 is 0.889 bits per heavy atom. The quantitative estimate of drug-likeness (QED) is 0.647. The zero-order valence-corrected chi connectivity index (χ0v) is 15.6. The number of hydrogen-bond acceptors (Lipinski definition) is 3. The molecule has 3 aromatic carbocycles. The highest BCUT2D eigenvalue weighted by molar-refractivity contribution is 6.10. The molecule has 0 radical (unpaired) electrons. The molecule has 0 aliphatic carbocycles. The van der Waals surface area contributed by atoms with E-state index in [1.807, 2.05) is 12.1 Å². The van der Waals surface area contributed by atoms with E-state index in [0.29, 0.717) is 0 Å². The van der Waals surface area contributed by atoms with Gasteiger partial charge in [-0.25, -0.2) is 0 Å². The number of rotatable bonds is 5. The van der Waals surface area contributed by atoms with Gasteiger partial charge in [0, 0.05) is 24.3 Å². The fourth-order valence-electron chi connectivity index (χ4n) is 3.51. The van der Waals surface area contributed by atoms with E-state index >= 15 is 0 Å². The summed E-state index contributed by atoms with van der Waals surface area (Å²) in [7, 11) is 1.70. The normalized spacial score (nSPS) is 14.0. The molecule has 0 spiro atoms. The van der Waals surface area contributed by atoms with Crippen LogP contribution in [0.25, 0.3) is 0 Å². The first-order chi connectivity index (χ1) is 13.3. The molecule has 4 rings (SSSR count). The van der Waals surface area contributed by atoms with Crippen molar-refractivity contribution in [1.29, 1.82) is 0 Å². The lowest BCUT2D eigenvalue weighted by Crippen LogP contribution is -2.36. The maximum absolute atomic E-state index is 5.25. The summed E-state index contributed by atoms with van der Waals surface area (Å²) in [4.78, 5) is 7.18.